The van der Waals surface area contributed by atoms with Crippen LogP contribution in [0, 0.1) is 11.7 Å². The van der Waals surface area contributed by atoms with E-state index in [4.69, 9.17) is 0 Å². The van der Waals surface area contributed by atoms with Gasteiger partial charge in [0.2, 0.25) is 5.91 Å². The molecule has 2 nitrogen and oxygen atoms in total. The van der Waals surface area contributed by atoms with E-state index in [1.807, 2.05) is 6.08 Å². The first-order valence-corrected chi connectivity index (χ1v) is 5.47. The second-order valence-electron chi connectivity index (χ2n) is 3.98. The molecule has 1 aromatic rings. The van der Waals surface area contributed by atoms with Gasteiger partial charge in [0.05, 0.1) is 0 Å². The Morgan fingerprint density at radius 1 is 1.25 bits per heavy atom. The molecule has 0 aromatic heterocycles. The minimum Gasteiger partial charge on any atom is -0.326 e. The summed E-state index contributed by atoms with van der Waals surface area (Å²) in [5.74, 6) is -0.218. The van der Waals surface area contributed by atoms with Crippen LogP contribution < -0.4 is 5.32 Å². The fourth-order valence-corrected chi connectivity index (χ4v) is 1.81. The van der Waals surface area contributed by atoms with Gasteiger partial charge in [0, 0.05) is 11.6 Å². The van der Waals surface area contributed by atoms with Gasteiger partial charge in [-0.25, -0.2) is 4.39 Å². The highest BCUT2D eigenvalue weighted by Crippen LogP contribution is 2.20. The van der Waals surface area contributed by atoms with E-state index >= 15 is 0 Å². The molecule has 1 amide bonds. The molecule has 1 aliphatic rings. The van der Waals surface area contributed by atoms with Gasteiger partial charge in [-0.3, -0.25) is 4.79 Å². The molecule has 1 aromatic carbocycles. The molecule has 1 aliphatic carbocycles. The lowest BCUT2D eigenvalue weighted by Gasteiger charge is -2.17. The predicted molar refractivity (Wildman–Crippen MR) is 61.5 cm³/mol. The summed E-state index contributed by atoms with van der Waals surface area (Å²) in [6.45, 7) is 0. The Bertz CT molecular complexity index is 397. The number of nitrogens with one attached hydrogen (secondary N) is 1. The smallest absolute Gasteiger partial charge is 0.227 e. The van der Waals surface area contributed by atoms with Crippen molar-refractivity contribution in [2.24, 2.45) is 5.92 Å². The van der Waals surface area contributed by atoms with Crippen LogP contribution in [0.4, 0.5) is 10.1 Å². The summed E-state index contributed by atoms with van der Waals surface area (Å²) < 4.78 is 12.7. The summed E-state index contributed by atoms with van der Waals surface area (Å²) in [5, 5.41) is 2.80. The number of allylic oxidation sites excluding steroid dienone is 2. The lowest BCUT2D eigenvalue weighted by atomic mass is 9.93. The Morgan fingerprint density at radius 3 is 2.62 bits per heavy atom. The Hall–Kier alpha value is -1.64. The molecule has 0 saturated carbocycles. The zero-order valence-corrected chi connectivity index (χ0v) is 8.95. The molecule has 0 radical (unpaired) electrons. The van der Waals surface area contributed by atoms with E-state index in [1.165, 1.54) is 12.1 Å². The van der Waals surface area contributed by atoms with Crippen molar-refractivity contribution in [2.75, 3.05) is 5.32 Å². The lowest BCUT2D eigenvalue weighted by molar-refractivity contribution is -0.120. The Kier molecular flexibility index (Phi) is 3.34. The van der Waals surface area contributed by atoms with Gasteiger partial charge in [-0.1, -0.05) is 12.2 Å². The minimum absolute atomic E-state index is 0.0240. The van der Waals surface area contributed by atoms with Gasteiger partial charge in [-0.05, 0) is 43.5 Å². The van der Waals surface area contributed by atoms with Crippen molar-refractivity contribution < 1.29 is 9.18 Å². The third kappa shape index (κ3) is 2.69. The quantitative estimate of drug-likeness (QED) is 0.761. The van der Waals surface area contributed by atoms with Crippen molar-refractivity contribution >= 4 is 11.6 Å². The van der Waals surface area contributed by atoms with E-state index in [1.54, 1.807) is 12.1 Å². The number of rotatable bonds is 2. The fraction of sp³-hybridized carbons (Fsp3) is 0.308. The Labute approximate surface area is 94.2 Å². The normalized spacial score (nSPS) is 19.4. The van der Waals surface area contributed by atoms with Crippen LogP contribution in [0.25, 0.3) is 0 Å². The zero-order valence-electron chi connectivity index (χ0n) is 8.95. The summed E-state index contributed by atoms with van der Waals surface area (Å²) in [7, 11) is 0. The molecule has 2 rings (SSSR count). The average molecular weight is 219 g/mol. The number of halogens is 1. The van der Waals surface area contributed by atoms with Crippen LogP contribution in [0.1, 0.15) is 19.3 Å². The largest absolute Gasteiger partial charge is 0.326 e. The van der Waals surface area contributed by atoms with Gasteiger partial charge < -0.3 is 5.32 Å². The van der Waals surface area contributed by atoms with Crippen molar-refractivity contribution in [2.45, 2.75) is 19.3 Å². The van der Waals surface area contributed by atoms with Gasteiger partial charge in [0.1, 0.15) is 5.82 Å². The molecular weight excluding hydrogens is 205 g/mol. The van der Waals surface area contributed by atoms with Crippen LogP contribution in [-0.2, 0) is 4.79 Å². The maximum atomic E-state index is 12.7. The summed E-state index contributed by atoms with van der Waals surface area (Å²) in [4.78, 5) is 11.8. The van der Waals surface area contributed by atoms with Crippen LogP contribution in [0.2, 0.25) is 0 Å². The fourth-order valence-electron chi connectivity index (χ4n) is 1.81. The third-order valence-electron chi connectivity index (χ3n) is 2.75. The van der Waals surface area contributed by atoms with Crippen molar-refractivity contribution in [3.63, 3.8) is 0 Å². The molecule has 0 aliphatic heterocycles. The first-order valence-electron chi connectivity index (χ1n) is 5.47. The van der Waals surface area contributed by atoms with Gasteiger partial charge in [-0.2, -0.15) is 0 Å². The highest BCUT2D eigenvalue weighted by Gasteiger charge is 2.18. The predicted octanol–water partition coefficient (Wildman–Crippen LogP) is 3.12. The first kappa shape index (κ1) is 10.9. The van der Waals surface area contributed by atoms with E-state index in [2.05, 4.69) is 11.4 Å². The zero-order chi connectivity index (χ0) is 11.4. The number of hydrogen-bond donors (Lipinski definition) is 1. The third-order valence-corrected chi connectivity index (χ3v) is 2.75. The van der Waals surface area contributed by atoms with E-state index in [9.17, 15) is 9.18 Å². The van der Waals surface area contributed by atoms with E-state index in [0.29, 0.717) is 5.69 Å². The number of carbonyl (C=O) groups is 1. The molecule has 0 saturated heterocycles. The average Bonchev–Trinajstić information content (AvgIpc) is 2.33. The van der Waals surface area contributed by atoms with Crippen molar-refractivity contribution in [3.8, 4) is 0 Å². The summed E-state index contributed by atoms with van der Waals surface area (Å²) >= 11 is 0. The number of carbonyl (C=O) groups excluding carboxylic acids is 1. The summed E-state index contributed by atoms with van der Waals surface area (Å²) in [6.07, 6.45) is 6.79. The maximum absolute atomic E-state index is 12.7. The molecule has 3 heteroatoms. The summed E-state index contributed by atoms with van der Waals surface area (Å²) in [6, 6.07) is 5.84. The SMILES string of the molecule is O=C(Nc1ccc(F)cc1)[C@@H]1CC=CCC1. The molecular formula is C13H14FNO. The van der Waals surface area contributed by atoms with Crippen LogP contribution >= 0.6 is 0 Å². The maximum Gasteiger partial charge on any atom is 0.227 e. The molecule has 16 heavy (non-hydrogen) atoms. The number of hydrogen-bond acceptors (Lipinski definition) is 1. The molecule has 1 atom stereocenters. The van der Waals surface area contributed by atoms with Gasteiger partial charge in [0.15, 0.2) is 0 Å². The van der Waals surface area contributed by atoms with Crippen LogP contribution in [0.15, 0.2) is 36.4 Å². The second-order valence-corrected chi connectivity index (χ2v) is 3.98. The molecule has 0 heterocycles. The van der Waals surface area contributed by atoms with Crippen LogP contribution in [0.3, 0.4) is 0 Å². The van der Waals surface area contributed by atoms with Gasteiger partial charge >= 0.3 is 0 Å². The Balaban J connectivity index is 1.96. The topological polar surface area (TPSA) is 29.1 Å². The number of benzene rings is 1. The number of anilines is 1. The van der Waals surface area contributed by atoms with Crippen molar-refractivity contribution in [1.82, 2.24) is 0 Å². The second kappa shape index (κ2) is 4.92. The highest BCUT2D eigenvalue weighted by molar-refractivity contribution is 5.92. The molecule has 1 N–H and O–H groups in total. The van der Waals surface area contributed by atoms with Crippen molar-refractivity contribution in [1.29, 1.82) is 0 Å². The molecule has 0 unspecified atom stereocenters. The minimum atomic E-state index is -0.293. The van der Waals surface area contributed by atoms with Gasteiger partial charge in [-0.15, -0.1) is 0 Å². The number of amides is 1. The molecule has 0 bridgehead atoms. The molecule has 0 spiro atoms. The van der Waals surface area contributed by atoms with Gasteiger partial charge in [0.25, 0.3) is 0 Å². The van der Waals surface area contributed by atoms with Crippen molar-refractivity contribution in [3.05, 3.63) is 42.2 Å². The monoisotopic (exact) mass is 219 g/mol. The van der Waals surface area contributed by atoms with Crippen LogP contribution in [-0.4, -0.2) is 5.91 Å². The molecule has 84 valence electrons. The Morgan fingerprint density at radius 2 is 2.00 bits per heavy atom. The highest BCUT2D eigenvalue weighted by atomic mass is 19.1. The van der Waals surface area contributed by atoms with E-state index in [0.717, 1.165) is 19.3 Å². The summed E-state index contributed by atoms with van der Waals surface area (Å²) in [5.41, 5.74) is 0.654. The van der Waals surface area contributed by atoms with Crippen LogP contribution in [0.5, 0.6) is 0 Å². The first-order chi connectivity index (χ1) is 7.75. The standard InChI is InChI=1S/C13H14FNO/c14-11-6-8-12(9-7-11)15-13(16)10-4-2-1-3-5-10/h1-2,6-10H,3-5H2,(H,15,16)/t10-/m1/s1. The van der Waals surface area contributed by atoms with E-state index < -0.39 is 0 Å². The lowest BCUT2D eigenvalue weighted by Crippen LogP contribution is -2.23. The molecule has 0 fully saturated rings. The van der Waals surface area contributed by atoms with E-state index in [-0.39, 0.29) is 17.6 Å².